The van der Waals surface area contributed by atoms with Gasteiger partial charge in [0.15, 0.2) is 0 Å². The molecular weight excluding hydrogens is 406 g/mol. The lowest BCUT2D eigenvalue weighted by molar-refractivity contribution is -0.121. The SMILES string of the molecule is CC(C(=O)Nc1ccccc1OC(F)F)N1CCC(NC(=O)NC2CCCCC2)CC1. The van der Waals surface area contributed by atoms with E-state index in [2.05, 4.69) is 20.7 Å². The number of halogens is 2. The van der Waals surface area contributed by atoms with Crippen LogP contribution in [0.25, 0.3) is 0 Å². The van der Waals surface area contributed by atoms with Crippen LogP contribution in [0.5, 0.6) is 5.75 Å². The van der Waals surface area contributed by atoms with E-state index in [-0.39, 0.29) is 35.5 Å². The van der Waals surface area contributed by atoms with Crippen molar-refractivity contribution >= 4 is 17.6 Å². The fourth-order valence-electron chi connectivity index (χ4n) is 4.26. The van der Waals surface area contributed by atoms with Gasteiger partial charge in [-0.2, -0.15) is 8.78 Å². The molecule has 0 bridgehead atoms. The number of piperidine rings is 1. The van der Waals surface area contributed by atoms with Gasteiger partial charge in [0.05, 0.1) is 11.7 Å². The molecule has 0 spiro atoms. The number of carbonyl (C=O) groups is 2. The van der Waals surface area contributed by atoms with Gasteiger partial charge in [0.25, 0.3) is 0 Å². The maximum Gasteiger partial charge on any atom is 0.387 e. The predicted octanol–water partition coefficient (Wildman–Crippen LogP) is 3.71. The van der Waals surface area contributed by atoms with Crippen molar-refractivity contribution in [1.82, 2.24) is 15.5 Å². The van der Waals surface area contributed by atoms with E-state index < -0.39 is 12.7 Å². The number of ether oxygens (including phenoxy) is 1. The summed E-state index contributed by atoms with van der Waals surface area (Å²) in [6, 6.07) is 5.95. The molecule has 1 unspecified atom stereocenters. The molecule has 1 aromatic carbocycles. The molecule has 1 saturated carbocycles. The highest BCUT2D eigenvalue weighted by atomic mass is 19.3. The molecule has 2 aliphatic rings. The molecule has 0 radical (unpaired) electrons. The summed E-state index contributed by atoms with van der Waals surface area (Å²) in [5.74, 6) is -0.350. The summed E-state index contributed by atoms with van der Waals surface area (Å²) in [4.78, 5) is 26.9. The molecule has 1 aliphatic carbocycles. The van der Waals surface area contributed by atoms with Gasteiger partial charge in [-0.25, -0.2) is 4.79 Å². The Kier molecular flexibility index (Phi) is 8.45. The van der Waals surface area contributed by atoms with E-state index in [9.17, 15) is 18.4 Å². The molecular formula is C22H32F2N4O3. The summed E-state index contributed by atoms with van der Waals surface area (Å²) < 4.78 is 29.6. The first kappa shape index (κ1) is 23.2. The lowest BCUT2D eigenvalue weighted by Crippen LogP contribution is -2.53. The molecule has 0 aromatic heterocycles. The molecule has 7 nitrogen and oxygen atoms in total. The number of amides is 3. The maximum atomic E-state index is 12.7. The topological polar surface area (TPSA) is 82.7 Å². The van der Waals surface area contributed by atoms with Gasteiger partial charge >= 0.3 is 12.6 Å². The van der Waals surface area contributed by atoms with Crippen LogP contribution in [0.3, 0.4) is 0 Å². The Balaban J connectivity index is 1.44. The van der Waals surface area contributed by atoms with Crippen LogP contribution in [0, 0.1) is 0 Å². The number of hydrogen-bond donors (Lipinski definition) is 3. The first-order valence-electron chi connectivity index (χ1n) is 11.1. The van der Waals surface area contributed by atoms with Gasteiger partial charge < -0.3 is 20.7 Å². The molecule has 31 heavy (non-hydrogen) atoms. The third-order valence-corrected chi connectivity index (χ3v) is 6.09. The first-order valence-corrected chi connectivity index (χ1v) is 11.1. The van der Waals surface area contributed by atoms with Crippen LogP contribution in [-0.4, -0.2) is 54.7 Å². The molecule has 1 heterocycles. The van der Waals surface area contributed by atoms with E-state index in [0.29, 0.717) is 13.1 Å². The molecule has 1 aliphatic heterocycles. The van der Waals surface area contributed by atoms with Crippen LogP contribution in [-0.2, 0) is 4.79 Å². The third-order valence-electron chi connectivity index (χ3n) is 6.09. The number of hydrogen-bond acceptors (Lipinski definition) is 4. The van der Waals surface area contributed by atoms with Crippen molar-refractivity contribution in [3.63, 3.8) is 0 Å². The van der Waals surface area contributed by atoms with Gasteiger partial charge in [-0.05, 0) is 44.7 Å². The molecule has 2 fully saturated rings. The zero-order chi connectivity index (χ0) is 22.2. The average molecular weight is 439 g/mol. The number of nitrogens with zero attached hydrogens (tertiary/aromatic N) is 1. The Morgan fingerprint density at radius 2 is 1.61 bits per heavy atom. The minimum Gasteiger partial charge on any atom is -0.433 e. The number of carbonyl (C=O) groups excluding carboxylic acids is 2. The highest BCUT2D eigenvalue weighted by Gasteiger charge is 2.28. The standard InChI is InChI=1S/C22H32F2N4O3/c1-15(20(29)27-18-9-5-6-10-19(18)31-21(23)24)28-13-11-17(12-14-28)26-22(30)25-16-7-3-2-4-8-16/h5-6,9-10,15-17,21H,2-4,7-8,11-14H2,1H3,(H,27,29)(H2,25,26,30). The van der Waals surface area contributed by atoms with Crippen molar-refractivity contribution in [2.24, 2.45) is 0 Å². The molecule has 1 saturated heterocycles. The maximum absolute atomic E-state index is 12.7. The van der Waals surface area contributed by atoms with E-state index in [1.54, 1.807) is 19.1 Å². The molecule has 1 aromatic rings. The normalized spacial score (nSPS) is 19.6. The Bertz CT molecular complexity index is 735. The molecule has 3 amide bonds. The largest absolute Gasteiger partial charge is 0.433 e. The fraction of sp³-hybridized carbons (Fsp3) is 0.636. The van der Waals surface area contributed by atoms with Crippen molar-refractivity contribution in [3.05, 3.63) is 24.3 Å². The van der Waals surface area contributed by atoms with Gasteiger partial charge in [-0.1, -0.05) is 31.4 Å². The molecule has 3 rings (SSSR count). The summed E-state index contributed by atoms with van der Waals surface area (Å²) in [5, 5.41) is 8.81. The highest BCUT2D eigenvalue weighted by Crippen LogP contribution is 2.26. The van der Waals surface area contributed by atoms with Crippen molar-refractivity contribution in [3.8, 4) is 5.75 Å². The minimum atomic E-state index is -2.96. The number of rotatable bonds is 7. The summed E-state index contributed by atoms with van der Waals surface area (Å²) in [6.07, 6.45) is 7.18. The zero-order valence-corrected chi connectivity index (χ0v) is 17.9. The van der Waals surface area contributed by atoms with E-state index in [1.165, 1.54) is 31.4 Å². The molecule has 172 valence electrons. The number of urea groups is 1. The number of nitrogens with one attached hydrogen (secondary N) is 3. The van der Waals surface area contributed by atoms with Crippen LogP contribution in [0.2, 0.25) is 0 Å². The second-order valence-corrected chi connectivity index (χ2v) is 8.30. The number of anilines is 1. The Hall–Kier alpha value is -2.42. The van der Waals surface area contributed by atoms with Crippen molar-refractivity contribution in [2.75, 3.05) is 18.4 Å². The molecule has 3 N–H and O–H groups in total. The zero-order valence-electron chi connectivity index (χ0n) is 17.9. The van der Waals surface area contributed by atoms with Gasteiger partial charge in [0.2, 0.25) is 5.91 Å². The van der Waals surface area contributed by atoms with Gasteiger partial charge in [0, 0.05) is 25.2 Å². The Labute approximate surface area is 181 Å². The van der Waals surface area contributed by atoms with Crippen LogP contribution in [0.4, 0.5) is 19.3 Å². The van der Waals surface area contributed by atoms with Crippen LogP contribution in [0.15, 0.2) is 24.3 Å². The number of likely N-dealkylation sites (tertiary alicyclic amines) is 1. The van der Waals surface area contributed by atoms with E-state index in [1.807, 2.05) is 4.90 Å². The predicted molar refractivity (Wildman–Crippen MR) is 114 cm³/mol. The lowest BCUT2D eigenvalue weighted by atomic mass is 9.96. The van der Waals surface area contributed by atoms with Gasteiger partial charge in [-0.15, -0.1) is 0 Å². The Morgan fingerprint density at radius 1 is 1.00 bits per heavy atom. The summed E-state index contributed by atoms with van der Waals surface area (Å²) >= 11 is 0. The summed E-state index contributed by atoms with van der Waals surface area (Å²) in [5.41, 5.74) is 0.218. The summed E-state index contributed by atoms with van der Waals surface area (Å²) in [7, 11) is 0. The first-order chi connectivity index (χ1) is 14.9. The number of alkyl halides is 2. The second kappa shape index (κ2) is 11.3. The van der Waals surface area contributed by atoms with E-state index in [0.717, 1.165) is 25.7 Å². The van der Waals surface area contributed by atoms with Crippen LogP contribution in [0.1, 0.15) is 51.9 Å². The Morgan fingerprint density at radius 3 is 2.26 bits per heavy atom. The smallest absolute Gasteiger partial charge is 0.387 e. The molecule has 9 heteroatoms. The minimum absolute atomic E-state index is 0.0649. The number of benzene rings is 1. The van der Waals surface area contributed by atoms with Crippen molar-refractivity contribution < 1.29 is 23.1 Å². The third kappa shape index (κ3) is 7.05. The highest BCUT2D eigenvalue weighted by molar-refractivity contribution is 5.95. The summed E-state index contributed by atoms with van der Waals surface area (Å²) in [6.45, 7) is 0.156. The van der Waals surface area contributed by atoms with E-state index >= 15 is 0 Å². The number of para-hydroxylation sites is 2. The van der Waals surface area contributed by atoms with Crippen molar-refractivity contribution in [1.29, 1.82) is 0 Å². The van der Waals surface area contributed by atoms with Gasteiger partial charge in [-0.3, -0.25) is 9.69 Å². The van der Waals surface area contributed by atoms with Gasteiger partial charge in [0.1, 0.15) is 5.75 Å². The fourth-order valence-corrected chi connectivity index (χ4v) is 4.26. The van der Waals surface area contributed by atoms with Crippen molar-refractivity contribution in [2.45, 2.75) is 76.6 Å². The lowest BCUT2D eigenvalue weighted by Gasteiger charge is -2.36. The van der Waals surface area contributed by atoms with Crippen LogP contribution >= 0.6 is 0 Å². The second-order valence-electron chi connectivity index (χ2n) is 8.30. The quantitative estimate of drug-likeness (QED) is 0.606. The van der Waals surface area contributed by atoms with Crippen LogP contribution < -0.4 is 20.7 Å². The average Bonchev–Trinajstić information content (AvgIpc) is 2.75. The monoisotopic (exact) mass is 438 g/mol. The van der Waals surface area contributed by atoms with E-state index in [4.69, 9.17) is 0 Å². The molecule has 1 atom stereocenters.